The van der Waals surface area contributed by atoms with Gasteiger partial charge >= 0.3 is 0 Å². The highest BCUT2D eigenvalue weighted by atomic mass is 79.9. The fourth-order valence-corrected chi connectivity index (χ4v) is 9.06. The van der Waals surface area contributed by atoms with Crippen LogP contribution in [0.25, 0.3) is 10.2 Å². The Morgan fingerprint density at radius 2 is 0.635 bits per heavy atom. The average molecular weight is 1060 g/mol. The molecule has 0 N–H and O–H groups in total. The summed E-state index contributed by atoms with van der Waals surface area (Å²) in [6, 6.07) is 14.7. The molecule has 0 spiro atoms. The first-order valence-corrected chi connectivity index (χ1v) is 18.9. The first-order chi connectivity index (χ1) is 29.5. The van der Waals surface area contributed by atoms with Crippen molar-refractivity contribution in [1.29, 1.82) is 0 Å². The zero-order chi connectivity index (χ0) is 46.9. The molecule has 0 unspecified atom stereocenters. The van der Waals surface area contributed by atoms with E-state index < -0.39 is 144 Å². The number of fused-ring (bicyclic) bond motifs is 1. The van der Waals surface area contributed by atoms with Crippen molar-refractivity contribution in [3.8, 4) is 0 Å². The van der Waals surface area contributed by atoms with Crippen molar-refractivity contribution in [3.63, 3.8) is 0 Å². The van der Waals surface area contributed by atoms with Gasteiger partial charge in [-0.2, -0.15) is 4.57 Å². The number of benzene rings is 6. The van der Waals surface area contributed by atoms with Gasteiger partial charge in [-0.25, -0.2) is 87.8 Å². The maximum atomic E-state index is 15.4. The predicted molar refractivity (Wildman–Crippen MR) is 192 cm³/mol. The van der Waals surface area contributed by atoms with Gasteiger partial charge < -0.3 is 0 Å². The first-order valence-electron chi connectivity index (χ1n) is 16.5. The minimum Gasteiger partial charge on any atom is -0.207 e. The van der Waals surface area contributed by atoms with E-state index in [1.165, 1.54) is 15.8 Å². The minimum atomic E-state index is -7.22. The number of rotatable bonds is 6. The van der Waals surface area contributed by atoms with Crippen LogP contribution in [-0.4, -0.2) is 6.15 Å². The zero-order valence-electron chi connectivity index (χ0n) is 29.6. The van der Waals surface area contributed by atoms with Crippen molar-refractivity contribution >= 4 is 81.4 Å². The standard InChI is InChI=1S/C24BF20.C14H10Br2NS/c26-5-1(6(27)14(35)21(42)13(5)34)25(2-7(28)15(36)22(43)16(37)8(2)29,3-9(30)17(38)23(44)18(39)10(3)31)4-11(32)19(40)24(45)20(41)12(4)33;15-11-6-7-12(16)14-13(11)17(9-18-14)8-10-4-2-1-3-5-10/h;1-7,9H,8H2/q-1;+1. The summed E-state index contributed by atoms with van der Waals surface area (Å²) in [6.45, 7) is 0.899. The first kappa shape index (κ1) is 47.3. The smallest absolute Gasteiger partial charge is 0.207 e. The van der Waals surface area contributed by atoms with E-state index in [0.29, 0.717) is 0 Å². The Morgan fingerprint density at radius 1 is 0.365 bits per heavy atom. The molecule has 0 saturated heterocycles. The quantitative estimate of drug-likeness (QED) is 0.0514. The van der Waals surface area contributed by atoms with E-state index in [-0.39, 0.29) is 0 Å². The van der Waals surface area contributed by atoms with Gasteiger partial charge in [0, 0.05) is 10.0 Å². The van der Waals surface area contributed by atoms with Crippen LogP contribution in [0.3, 0.4) is 0 Å². The Morgan fingerprint density at radius 3 is 0.937 bits per heavy atom. The van der Waals surface area contributed by atoms with Crippen LogP contribution < -0.4 is 26.4 Å². The molecule has 0 bridgehead atoms. The molecule has 6 aromatic carbocycles. The van der Waals surface area contributed by atoms with Gasteiger partial charge in [0.1, 0.15) is 57.4 Å². The van der Waals surface area contributed by atoms with Gasteiger partial charge in [-0.1, -0.05) is 41.7 Å². The molecule has 0 aliphatic rings. The monoisotopic (exact) mass is 1060 g/mol. The maximum absolute atomic E-state index is 15.4. The molecule has 0 saturated carbocycles. The van der Waals surface area contributed by atoms with Crippen molar-refractivity contribution in [2.24, 2.45) is 0 Å². The summed E-state index contributed by atoms with van der Waals surface area (Å²) in [5, 5.41) is 0. The summed E-state index contributed by atoms with van der Waals surface area (Å²) in [7, 11) is 0. The van der Waals surface area contributed by atoms with E-state index >= 15 is 35.1 Å². The molecule has 330 valence electrons. The molecule has 25 heteroatoms. The Hall–Kier alpha value is -5.17. The second-order valence-electron chi connectivity index (χ2n) is 12.8. The number of nitrogens with zero attached hydrogens (tertiary/aromatic N) is 1. The molecular formula is C38H10BBr2F20NS. The highest BCUT2D eigenvalue weighted by Crippen LogP contribution is 2.33. The van der Waals surface area contributed by atoms with Gasteiger partial charge in [0.25, 0.3) is 0 Å². The lowest BCUT2D eigenvalue weighted by Gasteiger charge is -2.44. The van der Waals surface area contributed by atoms with Gasteiger partial charge in [0.2, 0.25) is 11.0 Å². The van der Waals surface area contributed by atoms with E-state index in [4.69, 9.17) is 0 Å². The normalized spacial score (nSPS) is 11.7. The van der Waals surface area contributed by atoms with Crippen molar-refractivity contribution < 1.29 is 92.4 Å². The molecule has 0 amide bonds. The van der Waals surface area contributed by atoms with Gasteiger partial charge in [0.15, 0.2) is 76.4 Å². The van der Waals surface area contributed by atoms with Crippen LogP contribution in [0.15, 0.2) is 56.9 Å². The molecule has 1 aromatic heterocycles. The number of hydrogen-bond acceptors (Lipinski definition) is 1. The third-order valence-electron chi connectivity index (χ3n) is 9.52. The molecule has 7 rings (SSSR count). The number of hydrogen-bond donors (Lipinski definition) is 0. The molecule has 63 heavy (non-hydrogen) atoms. The van der Waals surface area contributed by atoms with Gasteiger partial charge in [0.05, 0.1) is 4.47 Å². The average Bonchev–Trinajstić information content (AvgIpc) is 3.70. The molecule has 7 aromatic rings. The van der Waals surface area contributed by atoms with Crippen LogP contribution in [0.2, 0.25) is 0 Å². The van der Waals surface area contributed by atoms with E-state index in [1.807, 2.05) is 6.07 Å². The third kappa shape index (κ3) is 7.32. The predicted octanol–water partition coefficient (Wildman–Crippen LogP) is 10.6. The Bertz CT molecular complexity index is 2640. The van der Waals surface area contributed by atoms with Gasteiger partial charge in [-0.05, 0) is 44.0 Å². The molecule has 0 fully saturated rings. The van der Waals surface area contributed by atoms with Crippen LogP contribution in [0, 0.1) is 116 Å². The molecule has 1 heterocycles. The van der Waals surface area contributed by atoms with Crippen molar-refractivity contribution in [2.45, 2.75) is 6.54 Å². The van der Waals surface area contributed by atoms with Crippen LogP contribution in [-0.2, 0) is 6.54 Å². The fourth-order valence-electron chi connectivity index (χ4n) is 6.84. The lowest BCUT2D eigenvalue weighted by molar-refractivity contribution is -0.658. The number of aromatic nitrogens is 1. The molecular weight excluding hydrogens is 1050 g/mol. The summed E-state index contributed by atoms with van der Waals surface area (Å²) in [5.74, 6) is -71.4. The second kappa shape index (κ2) is 17.4. The van der Waals surface area contributed by atoms with E-state index in [0.717, 1.165) is 15.5 Å². The summed E-state index contributed by atoms with van der Waals surface area (Å²) in [4.78, 5) is 0. The zero-order valence-corrected chi connectivity index (χ0v) is 33.6. The summed E-state index contributed by atoms with van der Waals surface area (Å²) < 4.78 is 300. The SMILES string of the molecule is Brc1ccc(Br)c2c1sc[n+]2Cc1ccccc1.Fc1c(F)c(F)c([B-](c2c(F)c(F)c(F)c(F)c2F)(c2c(F)c(F)c(F)c(F)c2F)c2c(F)c(F)c(F)c(F)c2F)c(F)c1F. The lowest BCUT2D eigenvalue weighted by Crippen LogP contribution is -2.81. The highest BCUT2D eigenvalue weighted by molar-refractivity contribution is 9.11. The summed E-state index contributed by atoms with van der Waals surface area (Å²) >= 11 is 9.01. The maximum Gasteiger partial charge on any atom is 0.239 e. The van der Waals surface area contributed by atoms with Gasteiger partial charge in [-0.3, -0.25) is 0 Å². The molecule has 0 aliphatic heterocycles. The van der Waals surface area contributed by atoms with E-state index in [1.54, 1.807) is 11.3 Å². The topological polar surface area (TPSA) is 3.88 Å². The summed E-state index contributed by atoms with van der Waals surface area (Å²) in [5.41, 5.74) is -9.59. The Labute approximate surface area is 358 Å². The number of thiazole rings is 1. The van der Waals surface area contributed by atoms with Crippen molar-refractivity contribution in [2.75, 3.05) is 0 Å². The van der Waals surface area contributed by atoms with Crippen molar-refractivity contribution in [1.82, 2.24) is 0 Å². The Balaban J connectivity index is 0.000000302. The van der Waals surface area contributed by atoms with E-state index in [9.17, 15) is 52.7 Å². The third-order valence-corrected chi connectivity index (χ3v) is 12.1. The minimum absolute atomic E-state index is 0.899. The van der Waals surface area contributed by atoms with Crippen LogP contribution >= 0.6 is 43.2 Å². The fraction of sp³-hybridized carbons (Fsp3) is 0.0263. The molecule has 0 aliphatic carbocycles. The molecule has 1 nitrogen and oxygen atoms in total. The Kier molecular flexibility index (Phi) is 13.1. The van der Waals surface area contributed by atoms with Gasteiger partial charge in [-0.15, -0.1) is 21.9 Å². The lowest BCUT2D eigenvalue weighted by atomic mass is 9.12. The van der Waals surface area contributed by atoms with Crippen LogP contribution in [0.1, 0.15) is 5.56 Å². The van der Waals surface area contributed by atoms with Crippen LogP contribution in [0.5, 0.6) is 0 Å². The molecule has 0 radical (unpaired) electrons. The van der Waals surface area contributed by atoms with E-state index in [2.05, 4.69) is 78.3 Å². The largest absolute Gasteiger partial charge is 0.239 e. The molecule has 0 atom stereocenters. The van der Waals surface area contributed by atoms with Crippen molar-refractivity contribution in [3.05, 3.63) is 179 Å². The van der Waals surface area contributed by atoms with Crippen LogP contribution in [0.4, 0.5) is 87.8 Å². The summed E-state index contributed by atoms with van der Waals surface area (Å²) in [6.07, 6.45) is -7.22. The number of halogens is 22. The second-order valence-corrected chi connectivity index (χ2v) is 15.4. The highest BCUT2D eigenvalue weighted by Gasteiger charge is 2.52.